The maximum atomic E-state index is 12.3. The molecule has 0 radical (unpaired) electrons. The van der Waals surface area contributed by atoms with Gasteiger partial charge in [-0.2, -0.15) is 0 Å². The van der Waals surface area contributed by atoms with Crippen molar-refractivity contribution in [3.05, 3.63) is 41.1 Å². The van der Waals surface area contributed by atoms with Crippen molar-refractivity contribution < 1.29 is 54.5 Å². The van der Waals surface area contributed by atoms with Crippen LogP contribution in [-0.4, -0.2) is 57.3 Å². The topological polar surface area (TPSA) is 113 Å². The number of benzene rings is 1. The largest absolute Gasteiger partial charge is 1.00 e. The third-order valence-electron chi connectivity index (χ3n) is 5.00. The molecule has 1 saturated heterocycles. The molecule has 0 spiro atoms. The predicted molar refractivity (Wildman–Crippen MR) is 100 cm³/mol. The molecule has 144 valence electrons. The molecule has 3 N–H and O–H groups in total. The van der Waals surface area contributed by atoms with Gasteiger partial charge in [0.15, 0.2) is 0 Å². The minimum Gasteiger partial charge on any atom is -0.543 e. The Morgan fingerprint density at radius 1 is 1.46 bits per heavy atom. The minimum absolute atomic E-state index is 0. The molecule has 1 fully saturated rings. The van der Waals surface area contributed by atoms with Gasteiger partial charge < -0.3 is 30.3 Å². The standard InChI is InChI=1S/C19H22N2O5S.Na/c1-10(23)16-14-9-13(17(19(25)26)21(14)18(16)24)12-4-2-3-11(7-12)8-15(27)20-5-6-22;/h2-4,7,10,14,16,22-23H,5-6,8-9H2,1H3,(H,20,27)(H,25,26);/q;+1/p-1/t10-,14-,16+;/m1./s1. The Labute approximate surface area is 190 Å². The van der Waals surface area contributed by atoms with E-state index in [1.807, 2.05) is 18.2 Å². The summed E-state index contributed by atoms with van der Waals surface area (Å²) in [6, 6.07) is 6.97. The predicted octanol–water partition coefficient (Wildman–Crippen LogP) is -3.79. The number of carbonyl (C=O) groups is 2. The Balaban J connectivity index is 0.00000280. The summed E-state index contributed by atoms with van der Waals surface area (Å²) in [6.07, 6.45) is -0.0109. The van der Waals surface area contributed by atoms with Gasteiger partial charge in [-0.1, -0.05) is 36.5 Å². The molecule has 7 nitrogen and oxygen atoms in total. The number of nitrogens with one attached hydrogen (secondary N) is 1. The number of aliphatic carboxylic acids is 1. The minimum atomic E-state index is -1.39. The van der Waals surface area contributed by atoms with E-state index in [9.17, 15) is 19.8 Å². The molecule has 0 aromatic heterocycles. The SMILES string of the molecule is C[C@@H](O)[C@@H]1C(=O)N2C(C(=O)[O-])=C(c3cccc(CC(=S)NCCO)c3)C[C@H]12.[Na+]. The second-order valence-electron chi connectivity index (χ2n) is 6.81. The van der Waals surface area contributed by atoms with Gasteiger partial charge in [0.25, 0.3) is 0 Å². The molecule has 2 aliphatic rings. The number of nitrogens with zero attached hydrogens (tertiary/aromatic N) is 1. The first-order valence-electron chi connectivity index (χ1n) is 8.77. The van der Waals surface area contributed by atoms with E-state index in [1.165, 1.54) is 11.8 Å². The Morgan fingerprint density at radius 3 is 2.79 bits per heavy atom. The van der Waals surface area contributed by atoms with Crippen molar-refractivity contribution in [1.29, 1.82) is 0 Å². The second kappa shape index (κ2) is 9.47. The number of carbonyl (C=O) groups excluding carboxylic acids is 2. The van der Waals surface area contributed by atoms with Gasteiger partial charge >= 0.3 is 29.6 Å². The first-order valence-corrected chi connectivity index (χ1v) is 9.18. The van der Waals surface area contributed by atoms with Gasteiger partial charge in [0.1, 0.15) is 0 Å². The number of thiocarbonyl (C=S) groups is 1. The molecule has 3 atom stereocenters. The van der Waals surface area contributed by atoms with Crippen LogP contribution < -0.4 is 40.0 Å². The molecule has 9 heteroatoms. The molecule has 0 unspecified atom stereocenters. The van der Waals surface area contributed by atoms with Gasteiger partial charge in [-0.15, -0.1) is 0 Å². The third kappa shape index (κ3) is 4.32. The number of aliphatic hydroxyl groups excluding tert-OH is 2. The van der Waals surface area contributed by atoms with E-state index in [1.54, 1.807) is 6.07 Å². The number of β-lactam (4-membered cyclic amide) rings is 1. The zero-order chi connectivity index (χ0) is 19.7. The number of carboxylic acids is 1. The summed E-state index contributed by atoms with van der Waals surface area (Å²) >= 11 is 5.23. The Hall–Kier alpha value is -1.29. The maximum Gasteiger partial charge on any atom is 1.00 e. The average Bonchev–Trinajstić information content (AvgIpc) is 2.95. The first-order chi connectivity index (χ1) is 12.8. The molecular weight excluding hydrogens is 391 g/mol. The van der Waals surface area contributed by atoms with Crippen LogP contribution in [0.2, 0.25) is 0 Å². The summed E-state index contributed by atoms with van der Waals surface area (Å²) < 4.78 is 0. The van der Waals surface area contributed by atoms with Crippen molar-refractivity contribution in [2.45, 2.75) is 31.9 Å². The van der Waals surface area contributed by atoms with Crippen molar-refractivity contribution in [3.8, 4) is 0 Å². The van der Waals surface area contributed by atoms with Crippen LogP contribution in [0.5, 0.6) is 0 Å². The van der Waals surface area contributed by atoms with Gasteiger partial charge in [0, 0.05) is 13.0 Å². The van der Waals surface area contributed by atoms with Crippen molar-refractivity contribution in [2.24, 2.45) is 5.92 Å². The van der Waals surface area contributed by atoms with E-state index in [2.05, 4.69) is 5.32 Å². The summed E-state index contributed by atoms with van der Waals surface area (Å²) in [4.78, 5) is 25.8. The van der Waals surface area contributed by atoms with Crippen molar-refractivity contribution in [3.63, 3.8) is 0 Å². The zero-order valence-electron chi connectivity index (χ0n) is 15.8. The van der Waals surface area contributed by atoms with Crippen LogP contribution in [0.25, 0.3) is 5.57 Å². The normalized spacial score (nSPS) is 21.5. The summed E-state index contributed by atoms with van der Waals surface area (Å²) in [6.45, 7) is 1.90. The second-order valence-corrected chi connectivity index (χ2v) is 7.30. The first kappa shape index (κ1) is 23.0. The van der Waals surface area contributed by atoms with Crippen LogP contribution in [-0.2, 0) is 16.0 Å². The van der Waals surface area contributed by atoms with Crippen LogP contribution in [0, 0.1) is 5.92 Å². The van der Waals surface area contributed by atoms with Gasteiger partial charge in [-0.05, 0) is 30.0 Å². The number of hydrogen-bond acceptors (Lipinski definition) is 6. The van der Waals surface area contributed by atoms with Crippen LogP contribution in [0.15, 0.2) is 30.0 Å². The molecule has 3 rings (SSSR count). The Bertz CT molecular complexity index is 826. The number of carboxylic acid groups (broad SMARTS) is 1. The van der Waals surface area contributed by atoms with E-state index in [0.717, 1.165) is 5.56 Å². The van der Waals surface area contributed by atoms with Crippen molar-refractivity contribution in [2.75, 3.05) is 13.2 Å². The van der Waals surface area contributed by atoms with Crippen molar-refractivity contribution in [1.82, 2.24) is 10.2 Å². The fourth-order valence-electron chi connectivity index (χ4n) is 3.83. The molecule has 2 aliphatic heterocycles. The molecular formula is C19H21N2NaO5S. The fourth-order valence-corrected chi connectivity index (χ4v) is 4.10. The molecule has 28 heavy (non-hydrogen) atoms. The fraction of sp³-hybridized carbons (Fsp3) is 0.421. The van der Waals surface area contributed by atoms with E-state index < -0.39 is 18.0 Å². The molecule has 0 aliphatic carbocycles. The van der Waals surface area contributed by atoms with Crippen LogP contribution in [0.1, 0.15) is 24.5 Å². The number of amides is 1. The number of rotatable bonds is 7. The monoisotopic (exact) mass is 412 g/mol. The quantitative estimate of drug-likeness (QED) is 0.239. The number of fused-ring (bicyclic) bond motifs is 1. The summed E-state index contributed by atoms with van der Waals surface area (Å²) in [5.41, 5.74) is 2.01. The number of aliphatic hydroxyl groups is 2. The molecule has 0 saturated carbocycles. The van der Waals surface area contributed by atoms with Crippen LogP contribution >= 0.6 is 12.2 Å². The van der Waals surface area contributed by atoms with Gasteiger partial charge in [-0.25, -0.2) is 0 Å². The van der Waals surface area contributed by atoms with E-state index >= 15 is 0 Å². The summed E-state index contributed by atoms with van der Waals surface area (Å²) in [7, 11) is 0. The smallest absolute Gasteiger partial charge is 0.543 e. The molecule has 1 aromatic carbocycles. The Morgan fingerprint density at radius 2 is 2.18 bits per heavy atom. The van der Waals surface area contributed by atoms with E-state index in [4.69, 9.17) is 17.3 Å². The van der Waals surface area contributed by atoms with E-state index in [0.29, 0.717) is 35.5 Å². The van der Waals surface area contributed by atoms with Crippen LogP contribution in [0.4, 0.5) is 0 Å². The van der Waals surface area contributed by atoms with Gasteiger partial charge in [-0.3, -0.25) is 4.79 Å². The third-order valence-corrected chi connectivity index (χ3v) is 5.28. The molecule has 2 heterocycles. The average molecular weight is 412 g/mol. The maximum absolute atomic E-state index is 12.3. The van der Waals surface area contributed by atoms with Gasteiger partial charge in [0.05, 0.1) is 41.3 Å². The zero-order valence-corrected chi connectivity index (χ0v) is 18.7. The van der Waals surface area contributed by atoms with E-state index in [-0.39, 0.29) is 53.8 Å². The Kier molecular flexibility index (Phi) is 7.78. The number of hydrogen-bond donors (Lipinski definition) is 3. The van der Waals surface area contributed by atoms with Crippen molar-refractivity contribution >= 4 is 34.7 Å². The van der Waals surface area contributed by atoms with Gasteiger partial charge in [0.2, 0.25) is 5.91 Å². The molecule has 1 amide bonds. The molecule has 0 bridgehead atoms. The molecule has 1 aromatic rings. The summed E-state index contributed by atoms with van der Waals surface area (Å²) in [5, 5.41) is 33.3. The van der Waals surface area contributed by atoms with Crippen LogP contribution in [0.3, 0.4) is 0 Å². The summed E-state index contributed by atoms with van der Waals surface area (Å²) in [5.74, 6) is -2.36.